The number of ether oxygens (including phenoxy) is 3. The van der Waals surface area contributed by atoms with Crippen LogP contribution in [0.3, 0.4) is 0 Å². The highest BCUT2D eigenvalue weighted by Gasteiger charge is 2.15. The first-order chi connectivity index (χ1) is 13.5. The molecule has 1 amide bonds. The minimum Gasteiger partial charge on any atom is -0.493 e. The number of thiazole rings is 1. The van der Waals surface area contributed by atoms with Crippen molar-refractivity contribution in [1.82, 2.24) is 4.98 Å². The molecule has 3 rings (SSSR count). The number of hydrogen-bond donors (Lipinski definition) is 1. The second kappa shape index (κ2) is 8.75. The molecule has 0 aliphatic rings. The first kappa shape index (κ1) is 19.7. The Morgan fingerprint density at radius 1 is 1.07 bits per heavy atom. The number of hydrogen-bond acceptors (Lipinski definition) is 6. The Bertz CT molecular complexity index is 967. The summed E-state index contributed by atoms with van der Waals surface area (Å²) >= 11 is 1.39. The number of anilines is 1. The van der Waals surface area contributed by atoms with Crippen LogP contribution in [-0.2, 0) is 6.61 Å². The molecule has 0 spiro atoms. The molecule has 1 N–H and O–H groups in total. The minimum absolute atomic E-state index is 0.284. The number of nitrogens with zero attached hydrogens (tertiary/aromatic N) is 1. The molecular formula is C21H22N2O4S. The fourth-order valence-electron chi connectivity index (χ4n) is 2.56. The van der Waals surface area contributed by atoms with Crippen LogP contribution in [0.1, 0.15) is 26.6 Å². The number of nitrogens with one attached hydrogen (secondary N) is 1. The highest BCUT2D eigenvalue weighted by Crippen LogP contribution is 2.33. The normalized spacial score (nSPS) is 10.4. The number of carbonyl (C=O) groups is 1. The number of aromatic nitrogens is 1. The van der Waals surface area contributed by atoms with E-state index >= 15 is 0 Å². The van der Waals surface area contributed by atoms with Crippen molar-refractivity contribution in [3.05, 3.63) is 63.6 Å². The van der Waals surface area contributed by atoms with Gasteiger partial charge in [0.05, 0.1) is 14.2 Å². The van der Waals surface area contributed by atoms with Crippen LogP contribution >= 0.6 is 11.3 Å². The van der Waals surface area contributed by atoms with E-state index < -0.39 is 0 Å². The third-order valence-electron chi connectivity index (χ3n) is 4.15. The fraction of sp³-hybridized carbons (Fsp3) is 0.238. The van der Waals surface area contributed by atoms with Crippen molar-refractivity contribution in [2.75, 3.05) is 19.5 Å². The average Bonchev–Trinajstić information content (AvgIpc) is 3.18. The van der Waals surface area contributed by atoms with Crippen molar-refractivity contribution in [1.29, 1.82) is 0 Å². The maximum absolute atomic E-state index is 12.6. The van der Waals surface area contributed by atoms with Crippen LogP contribution in [0, 0.1) is 13.8 Å². The Balaban J connectivity index is 1.66. The van der Waals surface area contributed by atoms with E-state index in [-0.39, 0.29) is 5.91 Å². The summed E-state index contributed by atoms with van der Waals surface area (Å²) in [5, 5.41) is 5.33. The zero-order valence-corrected chi connectivity index (χ0v) is 17.1. The number of carbonyl (C=O) groups excluding carboxylic acids is 1. The van der Waals surface area contributed by atoms with Gasteiger partial charge >= 0.3 is 0 Å². The van der Waals surface area contributed by atoms with Gasteiger partial charge in [-0.05, 0) is 37.6 Å². The number of amides is 1. The van der Waals surface area contributed by atoms with E-state index in [1.165, 1.54) is 16.9 Å². The lowest BCUT2D eigenvalue weighted by molar-refractivity contribution is 0.102. The van der Waals surface area contributed by atoms with E-state index in [0.717, 1.165) is 16.3 Å². The van der Waals surface area contributed by atoms with Crippen LogP contribution in [0.15, 0.2) is 41.8 Å². The molecule has 0 radical (unpaired) electrons. The molecule has 1 aromatic heterocycles. The Hall–Kier alpha value is -3.06. The van der Waals surface area contributed by atoms with Gasteiger partial charge in [-0.25, -0.2) is 4.98 Å². The van der Waals surface area contributed by atoms with Gasteiger partial charge in [-0.3, -0.25) is 4.79 Å². The van der Waals surface area contributed by atoms with Gasteiger partial charge in [-0.2, -0.15) is 0 Å². The predicted molar refractivity (Wildman–Crippen MR) is 110 cm³/mol. The number of methoxy groups -OCH3 is 2. The summed E-state index contributed by atoms with van der Waals surface area (Å²) in [5.74, 6) is 1.65. The van der Waals surface area contributed by atoms with E-state index in [2.05, 4.69) is 10.3 Å². The molecular weight excluding hydrogens is 376 g/mol. The van der Waals surface area contributed by atoms with Crippen LogP contribution < -0.4 is 19.5 Å². The summed E-state index contributed by atoms with van der Waals surface area (Å²) < 4.78 is 16.3. The summed E-state index contributed by atoms with van der Waals surface area (Å²) in [4.78, 5) is 16.9. The number of benzene rings is 2. The molecule has 1 heterocycles. The van der Waals surface area contributed by atoms with Crippen molar-refractivity contribution in [3.63, 3.8) is 0 Å². The molecule has 0 bridgehead atoms. The third-order valence-corrected chi connectivity index (χ3v) is 4.97. The Labute approximate surface area is 168 Å². The molecule has 0 atom stereocenters. The van der Waals surface area contributed by atoms with Gasteiger partial charge in [0.15, 0.2) is 11.5 Å². The first-order valence-electron chi connectivity index (χ1n) is 8.68. The van der Waals surface area contributed by atoms with Crippen LogP contribution in [0.25, 0.3) is 0 Å². The van der Waals surface area contributed by atoms with Crippen LogP contribution in [-0.4, -0.2) is 25.1 Å². The lowest BCUT2D eigenvalue weighted by Gasteiger charge is -2.13. The van der Waals surface area contributed by atoms with Gasteiger partial charge in [0.1, 0.15) is 23.1 Å². The van der Waals surface area contributed by atoms with Crippen molar-refractivity contribution in [2.45, 2.75) is 20.5 Å². The standard InChI is InChI=1S/C21H22N2O4S/c1-13-5-7-15(8-6-13)27-11-20-22-17(12-28-20)21(24)23-16-10-19(26-4)18(25-3)9-14(16)2/h5-10,12H,11H2,1-4H3,(H,23,24). The van der Waals surface area contributed by atoms with E-state index in [1.54, 1.807) is 25.7 Å². The molecule has 0 aliphatic heterocycles. The summed E-state index contributed by atoms with van der Waals surface area (Å²) in [6, 6.07) is 11.4. The smallest absolute Gasteiger partial charge is 0.275 e. The van der Waals surface area contributed by atoms with Gasteiger partial charge in [-0.1, -0.05) is 17.7 Å². The highest BCUT2D eigenvalue weighted by molar-refractivity contribution is 7.09. The van der Waals surface area contributed by atoms with Crippen molar-refractivity contribution in [2.24, 2.45) is 0 Å². The molecule has 2 aromatic carbocycles. The van der Waals surface area contributed by atoms with Gasteiger partial charge in [-0.15, -0.1) is 11.3 Å². The van der Waals surface area contributed by atoms with E-state index in [9.17, 15) is 4.79 Å². The maximum atomic E-state index is 12.6. The predicted octanol–water partition coefficient (Wildman–Crippen LogP) is 4.61. The fourth-order valence-corrected chi connectivity index (χ4v) is 3.25. The molecule has 0 saturated heterocycles. The average molecular weight is 398 g/mol. The molecule has 28 heavy (non-hydrogen) atoms. The monoisotopic (exact) mass is 398 g/mol. The Morgan fingerprint density at radius 3 is 2.43 bits per heavy atom. The van der Waals surface area contributed by atoms with Crippen molar-refractivity contribution < 1.29 is 19.0 Å². The molecule has 0 fully saturated rings. The van der Waals surface area contributed by atoms with Crippen LogP contribution in [0.2, 0.25) is 0 Å². The quantitative estimate of drug-likeness (QED) is 0.629. The van der Waals surface area contributed by atoms with Gasteiger partial charge < -0.3 is 19.5 Å². The highest BCUT2D eigenvalue weighted by atomic mass is 32.1. The lowest BCUT2D eigenvalue weighted by Crippen LogP contribution is -2.13. The Morgan fingerprint density at radius 2 is 1.75 bits per heavy atom. The zero-order chi connectivity index (χ0) is 20.1. The number of aryl methyl sites for hydroxylation is 2. The third kappa shape index (κ3) is 4.61. The van der Waals surface area contributed by atoms with Gasteiger partial charge in [0, 0.05) is 17.1 Å². The minimum atomic E-state index is -0.284. The zero-order valence-electron chi connectivity index (χ0n) is 16.2. The van der Waals surface area contributed by atoms with E-state index in [0.29, 0.717) is 29.5 Å². The van der Waals surface area contributed by atoms with Crippen LogP contribution in [0.4, 0.5) is 5.69 Å². The molecule has 6 nitrogen and oxygen atoms in total. The maximum Gasteiger partial charge on any atom is 0.275 e. The summed E-state index contributed by atoms with van der Waals surface area (Å²) in [7, 11) is 3.13. The van der Waals surface area contributed by atoms with Crippen molar-refractivity contribution >= 4 is 22.9 Å². The van der Waals surface area contributed by atoms with Crippen LogP contribution in [0.5, 0.6) is 17.2 Å². The van der Waals surface area contributed by atoms with Crippen molar-refractivity contribution in [3.8, 4) is 17.2 Å². The second-order valence-corrected chi connectivity index (χ2v) is 7.15. The molecule has 0 aliphatic carbocycles. The molecule has 146 valence electrons. The first-order valence-corrected chi connectivity index (χ1v) is 9.56. The van der Waals surface area contributed by atoms with E-state index in [4.69, 9.17) is 14.2 Å². The molecule has 0 saturated carbocycles. The lowest BCUT2D eigenvalue weighted by atomic mass is 10.1. The van der Waals surface area contributed by atoms with E-state index in [1.807, 2.05) is 44.2 Å². The topological polar surface area (TPSA) is 69.7 Å². The largest absolute Gasteiger partial charge is 0.493 e. The molecule has 0 unspecified atom stereocenters. The molecule has 7 heteroatoms. The number of rotatable bonds is 7. The summed E-state index contributed by atoms with van der Waals surface area (Å²) in [6.07, 6.45) is 0. The van der Waals surface area contributed by atoms with Gasteiger partial charge in [0.25, 0.3) is 5.91 Å². The second-order valence-electron chi connectivity index (χ2n) is 6.20. The van der Waals surface area contributed by atoms with Gasteiger partial charge in [0.2, 0.25) is 0 Å². The summed E-state index contributed by atoms with van der Waals surface area (Å²) in [5.41, 5.74) is 3.03. The SMILES string of the molecule is COc1cc(C)c(NC(=O)c2csc(COc3ccc(C)cc3)n2)cc1OC. The summed E-state index contributed by atoms with van der Waals surface area (Å²) in [6.45, 7) is 4.23. The Kier molecular flexibility index (Phi) is 6.16. The molecule has 3 aromatic rings.